The van der Waals surface area contributed by atoms with E-state index in [1.807, 2.05) is 19.1 Å². The maximum absolute atomic E-state index is 6.72. The van der Waals surface area contributed by atoms with E-state index in [9.17, 15) is 0 Å². The van der Waals surface area contributed by atoms with Crippen molar-refractivity contribution in [1.29, 1.82) is 0 Å². The molecule has 0 amide bonds. The lowest BCUT2D eigenvalue weighted by Crippen LogP contribution is -2.41. The lowest BCUT2D eigenvalue weighted by molar-refractivity contribution is 0.381. The van der Waals surface area contributed by atoms with Gasteiger partial charge < -0.3 is 15.4 Å². The molecule has 1 aliphatic carbocycles. The summed E-state index contributed by atoms with van der Waals surface area (Å²) in [4.78, 5) is 20.7. The van der Waals surface area contributed by atoms with Gasteiger partial charge in [-0.05, 0) is 44.7 Å². The highest BCUT2D eigenvalue weighted by atomic mass is 35.5. The number of halogens is 1. The van der Waals surface area contributed by atoms with Gasteiger partial charge in [-0.25, -0.2) is 19.9 Å². The van der Waals surface area contributed by atoms with E-state index in [0.717, 1.165) is 37.2 Å². The fourth-order valence-electron chi connectivity index (χ4n) is 4.47. The molecular weight excluding hydrogens is 428 g/mol. The Morgan fingerprint density at radius 3 is 2.81 bits per heavy atom. The van der Waals surface area contributed by atoms with Crippen molar-refractivity contribution < 1.29 is 4.74 Å². The normalized spacial score (nSPS) is 18.9. The number of nitrogens with two attached hydrogens (primary N) is 1. The number of H-pyrrole nitrogens is 1. The Morgan fingerprint density at radius 1 is 1.19 bits per heavy atom. The molecule has 0 spiro atoms. The maximum Gasteiger partial charge on any atom is 0.232 e. The Hall–Kier alpha value is -3.04. The standard InChI is InChI=1S/C22H25ClN8O/c1-11-22(31(2)13-6-4-5-12(24)9-13)28-21-20(26-11)18(29-30-21)14-7-8-15-19(17(14)23)27-16(32-3)10-25-15/h7-8,10,12-13H,4-6,9,24H2,1-3H3,(H,28,29,30)/t12-,13-/m1/s1. The molecule has 1 saturated carbocycles. The molecule has 4 aromatic rings. The second-order valence-electron chi connectivity index (χ2n) is 8.30. The van der Waals surface area contributed by atoms with Gasteiger partial charge in [0, 0.05) is 24.7 Å². The monoisotopic (exact) mass is 452 g/mol. The van der Waals surface area contributed by atoms with E-state index in [-0.39, 0.29) is 6.04 Å². The number of hydrogen-bond donors (Lipinski definition) is 2. The van der Waals surface area contributed by atoms with E-state index < -0.39 is 0 Å². The number of ether oxygens (including phenoxy) is 1. The van der Waals surface area contributed by atoms with Gasteiger partial charge in [-0.2, -0.15) is 5.10 Å². The number of benzene rings is 1. The Morgan fingerprint density at radius 2 is 2.03 bits per heavy atom. The fourth-order valence-corrected chi connectivity index (χ4v) is 4.76. The summed E-state index contributed by atoms with van der Waals surface area (Å²) < 4.78 is 5.20. The summed E-state index contributed by atoms with van der Waals surface area (Å²) in [5, 5.41) is 7.96. The van der Waals surface area contributed by atoms with E-state index in [4.69, 9.17) is 32.0 Å². The minimum absolute atomic E-state index is 0.240. The highest BCUT2D eigenvalue weighted by Gasteiger charge is 2.26. The average molecular weight is 453 g/mol. The van der Waals surface area contributed by atoms with Crippen LogP contribution in [0.25, 0.3) is 33.5 Å². The van der Waals surface area contributed by atoms with E-state index >= 15 is 0 Å². The van der Waals surface area contributed by atoms with Gasteiger partial charge in [0.05, 0.1) is 29.5 Å². The number of nitrogens with zero attached hydrogens (tertiary/aromatic N) is 6. The Bertz CT molecular complexity index is 1310. The largest absolute Gasteiger partial charge is 0.480 e. The number of aromatic amines is 1. The summed E-state index contributed by atoms with van der Waals surface area (Å²) in [6, 6.07) is 4.33. The quantitative estimate of drug-likeness (QED) is 0.481. The zero-order valence-corrected chi connectivity index (χ0v) is 19.0. The Labute approximate surface area is 190 Å². The van der Waals surface area contributed by atoms with Gasteiger partial charge in [-0.1, -0.05) is 11.6 Å². The Balaban J connectivity index is 1.57. The molecule has 0 bridgehead atoms. The molecule has 3 aromatic heterocycles. The third-order valence-corrected chi connectivity index (χ3v) is 6.59. The van der Waals surface area contributed by atoms with Crippen molar-refractivity contribution >= 4 is 39.6 Å². The number of anilines is 1. The van der Waals surface area contributed by atoms with Crippen LogP contribution in [0, 0.1) is 6.92 Å². The van der Waals surface area contributed by atoms with Crippen LogP contribution in [0.5, 0.6) is 5.88 Å². The van der Waals surface area contributed by atoms with Crippen molar-refractivity contribution in [3.63, 3.8) is 0 Å². The molecule has 0 radical (unpaired) electrons. The molecule has 0 unspecified atom stereocenters. The number of rotatable bonds is 4. The molecule has 1 aromatic carbocycles. The highest BCUT2D eigenvalue weighted by Crippen LogP contribution is 2.36. The first kappa shape index (κ1) is 20.8. The zero-order chi connectivity index (χ0) is 22.4. The number of fused-ring (bicyclic) bond motifs is 2. The maximum atomic E-state index is 6.72. The highest BCUT2D eigenvalue weighted by molar-refractivity contribution is 6.38. The van der Waals surface area contributed by atoms with Crippen LogP contribution in [0.3, 0.4) is 0 Å². The van der Waals surface area contributed by atoms with Crippen molar-refractivity contribution in [2.24, 2.45) is 5.73 Å². The number of nitrogens with one attached hydrogen (secondary N) is 1. The van der Waals surface area contributed by atoms with E-state index in [1.54, 1.807) is 13.3 Å². The zero-order valence-electron chi connectivity index (χ0n) is 18.3. The predicted octanol–water partition coefficient (Wildman–Crippen LogP) is 3.64. The number of hydrogen-bond acceptors (Lipinski definition) is 8. The van der Waals surface area contributed by atoms with Gasteiger partial charge in [0.15, 0.2) is 11.5 Å². The van der Waals surface area contributed by atoms with Crippen molar-refractivity contribution in [2.45, 2.75) is 44.7 Å². The third-order valence-electron chi connectivity index (χ3n) is 6.21. The second kappa shape index (κ2) is 8.14. The molecule has 1 fully saturated rings. The second-order valence-corrected chi connectivity index (χ2v) is 8.68. The molecule has 1 aliphatic rings. The molecular formula is C22H25ClN8O. The summed E-state index contributed by atoms with van der Waals surface area (Å²) in [6.45, 7) is 1.97. The van der Waals surface area contributed by atoms with Gasteiger partial charge >= 0.3 is 0 Å². The van der Waals surface area contributed by atoms with E-state index in [1.165, 1.54) is 0 Å². The summed E-state index contributed by atoms with van der Waals surface area (Å²) in [7, 11) is 3.61. The number of methoxy groups -OCH3 is 1. The SMILES string of the molecule is COc1cnc2ccc(-c3n[nH]c4nc(N(C)[C@@H]5CCC[C@@H](N)C5)c(C)nc34)c(Cl)c2n1. The molecule has 2 atom stereocenters. The molecule has 3 heterocycles. The van der Waals surface area contributed by atoms with Crippen LogP contribution in [-0.4, -0.2) is 56.4 Å². The molecule has 32 heavy (non-hydrogen) atoms. The molecule has 5 rings (SSSR count). The molecule has 0 saturated heterocycles. The van der Waals surface area contributed by atoms with Gasteiger partial charge in [0.2, 0.25) is 5.88 Å². The third kappa shape index (κ3) is 3.51. The van der Waals surface area contributed by atoms with Gasteiger partial charge in [0.1, 0.15) is 16.7 Å². The Kier molecular flexibility index (Phi) is 5.30. The predicted molar refractivity (Wildman–Crippen MR) is 125 cm³/mol. The summed E-state index contributed by atoms with van der Waals surface area (Å²) in [5.74, 6) is 1.24. The van der Waals surface area contributed by atoms with Gasteiger partial charge in [-0.15, -0.1) is 0 Å². The molecule has 3 N–H and O–H groups in total. The van der Waals surface area contributed by atoms with Crippen LogP contribution >= 0.6 is 11.6 Å². The van der Waals surface area contributed by atoms with Crippen molar-refractivity contribution in [2.75, 3.05) is 19.1 Å². The van der Waals surface area contributed by atoms with Crippen molar-refractivity contribution in [3.8, 4) is 17.1 Å². The number of aryl methyl sites for hydroxylation is 1. The number of aromatic nitrogens is 6. The van der Waals surface area contributed by atoms with Gasteiger partial charge in [-0.3, -0.25) is 5.10 Å². The lowest BCUT2D eigenvalue weighted by Gasteiger charge is -2.35. The molecule has 9 nitrogen and oxygen atoms in total. The lowest BCUT2D eigenvalue weighted by atomic mass is 9.91. The smallest absolute Gasteiger partial charge is 0.232 e. The van der Waals surface area contributed by atoms with Crippen LogP contribution in [-0.2, 0) is 0 Å². The average Bonchev–Trinajstić information content (AvgIpc) is 3.20. The fraction of sp³-hybridized carbons (Fsp3) is 0.409. The summed E-state index contributed by atoms with van der Waals surface area (Å²) in [5.41, 5.74) is 10.9. The molecule has 0 aliphatic heterocycles. The minimum Gasteiger partial charge on any atom is -0.480 e. The van der Waals surface area contributed by atoms with Crippen LogP contribution < -0.4 is 15.4 Å². The molecule has 166 valence electrons. The summed E-state index contributed by atoms with van der Waals surface area (Å²) >= 11 is 6.72. The molecule has 10 heteroatoms. The first-order chi connectivity index (χ1) is 15.5. The minimum atomic E-state index is 0.240. The van der Waals surface area contributed by atoms with Gasteiger partial charge in [0.25, 0.3) is 0 Å². The van der Waals surface area contributed by atoms with Crippen LogP contribution in [0.2, 0.25) is 5.02 Å². The van der Waals surface area contributed by atoms with Crippen molar-refractivity contribution in [1.82, 2.24) is 30.1 Å². The summed E-state index contributed by atoms with van der Waals surface area (Å²) in [6.07, 6.45) is 5.85. The first-order valence-electron chi connectivity index (χ1n) is 10.7. The first-order valence-corrected chi connectivity index (χ1v) is 11.0. The van der Waals surface area contributed by atoms with E-state index in [0.29, 0.717) is 50.4 Å². The van der Waals surface area contributed by atoms with E-state index in [2.05, 4.69) is 32.1 Å². The van der Waals surface area contributed by atoms with Crippen molar-refractivity contribution in [3.05, 3.63) is 29.0 Å². The van der Waals surface area contributed by atoms with Crippen LogP contribution in [0.1, 0.15) is 31.4 Å². The topological polar surface area (TPSA) is 119 Å². The van der Waals surface area contributed by atoms with Crippen LogP contribution in [0.15, 0.2) is 18.3 Å². The van der Waals surface area contributed by atoms with Crippen LogP contribution in [0.4, 0.5) is 5.82 Å².